The molecule has 1 aromatic heterocycles. The number of nitrogens with one attached hydrogen (secondary N) is 1. The van der Waals surface area contributed by atoms with Gasteiger partial charge in [-0.05, 0) is 24.6 Å². The van der Waals surface area contributed by atoms with E-state index in [-0.39, 0.29) is 17.2 Å². The summed E-state index contributed by atoms with van der Waals surface area (Å²) >= 11 is 0. The van der Waals surface area contributed by atoms with E-state index in [0.29, 0.717) is 12.3 Å². The van der Waals surface area contributed by atoms with Crippen LogP contribution >= 0.6 is 0 Å². The minimum absolute atomic E-state index is 0.00271. The summed E-state index contributed by atoms with van der Waals surface area (Å²) in [5, 5.41) is 27.7. The number of anilines is 1. The van der Waals surface area contributed by atoms with E-state index in [9.17, 15) is 15.2 Å². The highest BCUT2D eigenvalue weighted by Crippen LogP contribution is 2.53. The molecule has 1 aliphatic heterocycles. The third-order valence-electron chi connectivity index (χ3n) is 5.60. The van der Waals surface area contributed by atoms with Crippen LogP contribution in [0.4, 0.5) is 5.69 Å². The fourth-order valence-electron chi connectivity index (χ4n) is 4.37. The molecule has 0 saturated heterocycles. The number of aliphatic hydroxyl groups is 1. The van der Waals surface area contributed by atoms with E-state index < -0.39 is 11.7 Å². The number of carbonyl (C=O) groups excluding carboxylic acids is 1. The largest absolute Gasteiger partial charge is 0.504 e. The van der Waals surface area contributed by atoms with E-state index >= 15 is 0 Å². The van der Waals surface area contributed by atoms with Gasteiger partial charge in [0.2, 0.25) is 0 Å². The van der Waals surface area contributed by atoms with Crippen LogP contribution in [0.2, 0.25) is 0 Å². The molecule has 0 fully saturated rings. The predicted molar refractivity (Wildman–Crippen MR) is 111 cm³/mol. The van der Waals surface area contributed by atoms with Gasteiger partial charge >= 0.3 is 0 Å². The molecular weight excluding hydrogens is 380 g/mol. The monoisotopic (exact) mass is 398 g/mol. The number of para-hydroxylation sites is 1. The number of nitrogens with zero attached hydrogens (tertiary/aromatic N) is 3. The number of aromatic nitrogens is 2. The van der Waals surface area contributed by atoms with Crippen molar-refractivity contribution in [1.82, 2.24) is 9.78 Å². The molecule has 1 amide bonds. The number of nitriles is 1. The number of hydrogen-bond donors (Lipinski definition) is 2. The number of carbonyl (C=O) groups is 1. The maximum Gasteiger partial charge on any atom is 0.270 e. The summed E-state index contributed by atoms with van der Waals surface area (Å²) in [6.45, 7) is 0.555. The molecule has 2 aromatic carbocycles. The Hall–Kier alpha value is -4.05. The minimum Gasteiger partial charge on any atom is -0.504 e. The van der Waals surface area contributed by atoms with E-state index in [1.54, 1.807) is 36.0 Å². The number of aliphatic hydroxyl groups excluding tert-OH is 1. The van der Waals surface area contributed by atoms with Gasteiger partial charge in [-0.1, -0.05) is 30.3 Å². The van der Waals surface area contributed by atoms with Crippen LogP contribution in [0, 0.1) is 11.3 Å². The van der Waals surface area contributed by atoms with E-state index in [0.717, 1.165) is 34.6 Å². The zero-order chi connectivity index (χ0) is 20.8. The lowest BCUT2D eigenvalue weighted by atomic mass is 9.90. The summed E-state index contributed by atoms with van der Waals surface area (Å²) in [5.41, 5.74) is 4.23. The Bertz CT molecular complexity index is 1250. The van der Waals surface area contributed by atoms with Crippen molar-refractivity contribution in [3.8, 4) is 23.1 Å². The highest BCUT2D eigenvalue weighted by Gasteiger charge is 2.40. The molecule has 5 rings (SSSR count). The molecule has 1 aliphatic carbocycles. The van der Waals surface area contributed by atoms with Crippen LogP contribution in [0.5, 0.6) is 5.75 Å². The number of fused-ring (bicyclic) bond motifs is 3. The van der Waals surface area contributed by atoms with Crippen LogP contribution in [0.1, 0.15) is 29.2 Å². The average Bonchev–Trinajstić information content (AvgIpc) is 3.27. The molecular formula is C23H18N4O3. The van der Waals surface area contributed by atoms with Crippen molar-refractivity contribution in [1.29, 1.82) is 5.26 Å². The molecule has 7 heteroatoms. The van der Waals surface area contributed by atoms with Gasteiger partial charge < -0.3 is 15.2 Å². The lowest BCUT2D eigenvalue weighted by molar-refractivity contribution is -0.112. The molecule has 2 heterocycles. The molecule has 0 radical (unpaired) electrons. The standard InChI is InChI=1S/C23H18N4O3/c1-27-21-15-8-5-9-17-18(15)14(10-11-30-17)19(21)20(26-27)22(28)16(12-24)23(29)25-13-6-3-2-4-7-13/h2-9,14,28H,10-11H2,1H3,(H,25,29). The van der Waals surface area contributed by atoms with E-state index in [1.165, 1.54) is 0 Å². The molecule has 7 nitrogen and oxygen atoms in total. The minimum atomic E-state index is -0.677. The van der Waals surface area contributed by atoms with Crippen molar-refractivity contribution in [2.45, 2.75) is 12.3 Å². The van der Waals surface area contributed by atoms with Crippen molar-refractivity contribution in [2.75, 3.05) is 11.9 Å². The molecule has 0 bridgehead atoms. The summed E-state index contributed by atoms with van der Waals surface area (Å²) in [6, 6.07) is 16.5. The van der Waals surface area contributed by atoms with Crippen molar-refractivity contribution >= 4 is 17.4 Å². The molecule has 0 spiro atoms. The maximum absolute atomic E-state index is 12.7. The van der Waals surface area contributed by atoms with Crippen molar-refractivity contribution in [3.05, 3.63) is 70.9 Å². The van der Waals surface area contributed by atoms with Gasteiger partial charge in [0, 0.05) is 35.3 Å². The Morgan fingerprint density at radius 2 is 2.03 bits per heavy atom. The first-order chi connectivity index (χ1) is 14.6. The first-order valence-corrected chi connectivity index (χ1v) is 9.63. The zero-order valence-corrected chi connectivity index (χ0v) is 16.2. The Kier molecular flexibility index (Phi) is 4.07. The van der Waals surface area contributed by atoms with Crippen LogP contribution in [0.15, 0.2) is 54.1 Å². The Labute approximate surface area is 172 Å². The van der Waals surface area contributed by atoms with Gasteiger partial charge in [-0.25, -0.2) is 0 Å². The van der Waals surface area contributed by atoms with Crippen molar-refractivity contribution in [2.24, 2.45) is 7.05 Å². The third kappa shape index (κ3) is 2.58. The summed E-state index contributed by atoms with van der Waals surface area (Å²) in [7, 11) is 1.79. The van der Waals surface area contributed by atoms with Crippen molar-refractivity contribution in [3.63, 3.8) is 0 Å². The SMILES string of the molecule is Cn1nc(C(O)=C(C#N)C(=O)Nc2ccccc2)c2c1-c1cccc3c1C2CCO3. The number of benzene rings is 2. The van der Waals surface area contributed by atoms with Gasteiger partial charge in [-0.15, -0.1) is 0 Å². The molecule has 3 aromatic rings. The summed E-state index contributed by atoms with van der Waals surface area (Å²) < 4.78 is 7.50. The molecule has 30 heavy (non-hydrogen) atoms. The van der Waals surface area contributed by atoms with Crippen molar-refractivity contribution < 1.29 is 14.6 Å². The normalized spacial score (nSPS) is 16.6. The molecule has 148 valence electrons. The summed E-state index contributed by atoms with van der Waals surface area (Å²) in [6.07, 6.45) is 0.737. The average molecular weight is 398 g/mol. The molecule has 2 aliphatic rings. The first-order valence-electron chi connectivity index (χ1n) is 9.63. The Morgan fingerprint density at radius 3 is 2.80 bits per heavy atom. The number of ether oxygens (including phenoxy) is 1. The lowest BCUT2D eigenvalue weighted by Crippen LogP contribution is -2.17. The molecule has 1 atom stereocenters. The maximum atomic E-state index is 12.7. The lowest BCUT2D eigenvalue weighted by Gasteiger charge is -2.23. The summed E-state index contributed by atoms with van der Waals surface area (Å²) in [4.78, 5) is 12.7. The Morgan fingerprint density at radius 1 is 1.23 bits per heavy atom. The third-order valence-corrected chi connectivity index (χ3v) is 5.60. The van der Waals surface area contributed by atoms with E-state index in [1.807, 2.05) is 30.3 Å². The number of aryl methyl sites for hydroxylation is 1. The fourth-order valence-corrected chi connectivity index (χ4v) is 4.37. The van der Waals surface area contributed by atoms with Gasteiger partial charge in [0.15, 0.2) is 11.3 Å². The quantitative estimate of drug-likeness (QED) is 0.398. The van der Waals surface area contributed by atoms with Gasteiger partial charge in [-0.3, -0.25) is 9.48 Å². The summed E-state index contributed by atoms with van der Waals surface area (Å²) in [5.74, 6) is -0.257. The van der Waals surface area contributed by atoms with Crippen LogP contribution < -0.4 is 10.1 Å². The smallest absolute Gasteiger partial charge is 0.270 e. The van der Waals surface area contributed by atoms with Gasteiger partial charge in [0.25, 0.3) is 5.91 Å². The molecule has 2 N–H and O–H groups in total. The van der Waals surface area contributed by atoms with Gasteiger partial charge in [0.05, 0.1) is 12.3 Å². The second-order valence-electron chi connectivity index (χ2n) is 7.30. The molecule has 1 unspecified atom stereocenters. The van der Waals surface area contributed by atoms with Crippen LogP contribution in [0.3, 0.4) is 0 Å². The second-order valence-corrected chi connectivity index (χ2v) is 7.30. The highest BCUT2D eigenvalue weighted by atomic mass is 16.5. The number of rotatable bonds is 3. The topological polar surface area (TPSA) is 100 Å². The van der Waals surface area contributed by atoms with E-state index in [4.69, 9.17) is 4.74 Å². The molecule has 0 saturated carbocycles. The van der Waals surface area contributed by atoms with E-state index in [2.05, 4.69) is 10.4 Å². The van der Waals surface area contributed by atoms with Gasteiger partial charge in [0.1, 0.15) is 17.5 Å². The predicted octanol–water partition coefficient (Wildman–Crippen LogP) is 3.75. The fraction of sp³-hybridized carbons (Fsp3) is 0.174. The van der Waals surface area contributed by atoms with Crippen LogP contribution in [-0.4, -0.2) is 27.4 Å². The number of hydrogen-bond acceptors (Lipinski definition) is 5. The Balaban J connectivity index is 1.62. The van der Waals surface area contributed by atoms with Gasteiger partial charge in [-0.2, -0.15) is 10.4 Å². The van der Waals surface area contributed by atoms with Crippen LogP contribution in [0.25, 0.3) is 17.0 Å². The number of amides is 1. The van der Waals surface area contributed by atoms with Crippen LogP contribution in [-0.2, 0) is 11.8 Å². The highest BCUT2D eigenvalue weighted by molar-refractivity contribution is 6.11. The zero-order valence-electron chi connectivity index (χ0n) is 16.2. The second kappa shape index (κ2) is 6.78. The first kappa shape index (κ1) is 18.0.